The van der Waals surface area contributed by atoms with E-state index in [1.807, 2.05) is 0 Å². The van der Waals surface area contributed by atoms with Crippen LogP contribution in [0.5, 0.6) is 5.75 Å². The zero-order chi connectivity index (χ0) is 15.6. The van der Waals surface area contributed by atoms with Gasteiger partial charge < -0.3 is 10.1 Å². The van der Waals surface area contributed by atoms with Gasteiger partial charge in [0.15, 0.2) is 27.5 Å². The van der Waals surface area contributed by atoms with E-state index in [-0.39, 0.29) is 17.3 Å². The summed E-state index contributed by atoms with van der Waals surface area (Å²) in [4.78, 5) is 11.9. The van der Waals surface area contributed by atoms with Crippen molar-refractivity contribution in [3.05, 3.63) is 28.5 Å². The molecule has 0 bridgehead atoms. The van der Waals surface area contributed by atoms with Crippen LogP contribution in [-0.2, 0) is 14.6 Å². The predicted molar refractivity (Wildman–Crippen MR) is 79.4 cm³/mol. The molecule has 0 spiro atoms. The quantitative estimate of drug-likeness (QED) is 0.863. The summed E-state index contributed by atoms with van der Waals surface area (Å²) in [7, 11) is -3.06. The Morgan fingerprint density at radius 1 is 1.52 bits per heavy atom. The number of sulfone groups is 1. The van der Waals surface area contributed by atoms with E-state index in [2.05, 4.69) is 21.2 Å². The average molecular weight is 380 g/mol. The van der Waals surface area contributed by atoms with Crippen LogP contribution in [0.2, 0.25) is 0 Å². The number of hydrogen-bond donors (Lipinski definition) is 1. The van der Waals surface area contributed by atoms with Crippen molar-refractivity contribution in [1.29, 1.82) is 0 Å². The molecule has 2 rings (SSSR count). The third-order valence-corrected chi connectivity index (χ3v) is 5.41. The van der Waals surface area contributed by atoms with E-state index in [0.717, 1.165) is 0 Å². The Kier molecular flexibility index (Phi) is 4.88. The molecule has 2 atom stereocenters. The number of amides is 1. The Labute approximate surface area is 130 Å². The number of benzene rings is 1. The Hall–Kier alpha value is -1.15. The highest BCUT2D eigenvalue weighted by molar-refractivity contribution is 9.10. The second kappa shape index (κ2) is 6.31. The first kappa shape index (κ1) is 16.2. The number of carbonyl (C=O) groups is 1. The Morgan fingerprint density at radius 3 is 2.81 bits per heavy atom. The van der Waals surface area contributed by atoms with Gasteiger partial charge in [0, 0.05) is 10.5 Å². The van der Waals surface area contributed by atoms with Gasteiger partial charge in [0.1, 0.15) is 0 Å². The van der Waals surface area contributed by atoms with Crippen LogP contribution in [0.4, 0.5) is 4.39 Å². The summed E-state index contributed by atoms with van der Waals surface area (Å²) in [6.45, 7) is 1.49. The second-order valence-corrected chi connectivity index (χ2v) is 8.09. The van der Waals surface area contributed by atoms with Crippen LogP contribution in [0.25, 0.3) is 0 Å². The monoisotopic (exact) mass is 379 g/mol. The van der Waals surface area contributed by atoms with Gasteiger partial charge in [-0.25, -0.2) is 12.8 Å². The SMILES string of the molecule is C[C@H](Oc1ccc(Br)cc1F)C(=O)N[C@@H]1CCS(=O)(=O)C1. The fraction of sp³-hybridized carbons (Fsp3) is 0.462. The first-order chi connectivity index (χ1) is 9.77. The molecule has 0 radical (unpaired) electrons. The molecule has 0 unspecified atom stereocenters. The lowest BCUT2D eigenvalue weighted by Crippen LogP contribution is -2.43. The van der Waals surface area contributed by atoms with Crippen molar-refractivity contribution < 1.29 is 22.3 Å². The minimum absolute atomic E-state index is 0.0279. The van der Waals surface area contributed by atoms with Gasteiger partial charge in [-0.2, -0.15) is 0 Å². The topological polar surface area (TPSA) is 72.5 Å². The van der Waals surface area contributed by atoms with Gasteiger partial charge in [0.25, 0.3) is 5.91 Å². The third kappa shape index (κ3) is 4.41. The van der Waals surface area contributed by atoms with Crippen molar-refractivity contribution in [2.75, 3.05) is 11.5 Å². The van der Waals surface area contributed by atoms with Gasteiger partial charge in [-0.15, -0.1) is 0 Å². The zero-order valence-corrected chi connectivity index (χ0v) is 13.7. The summed E-state index contributed by atoms with van der Waals surface area (Å²) >= 11 is 3.13. The largest absolute Gasteiger partial charge is 0.478 e. The lowest BCUT2D eigenvalue weighted by atomic mass is 10.2. The molecule has 1 aromatic rings. The van der Waals surface area contributed by atoms with Gasteiger partial charge in [-0.1, -0.05) is 15.9 Å². The number of nitrogens with one attached hydrogen (secondary N) is 1. The molecule has 21 heavy (non-hydrogen) atoms. The normalized spacial score (nSPS) is 21.8. The molecule has 0 aromatic heterocycles. The molecule has 116 valence electrons. The molecule has 0 saturated carbocycles. The number of ether oxygens (including phenoxy) is 1. The molecule has 1 heterocycles. The van der Waals surface area contributed by atoms with Crippen molar-refractivity contribution in [3.63, 3.8) is 0 Å². The molecular weight excluding hydrogens is 365 g/mol. The fourth-order valence-electron chi connectivity index (χ4n) is 2.04. The van der Waals surface area contributed by atoms with E-state index in [1.165, 1.54) is 19.1 Å². The highest BCUT2D eigenvalue weighted by Gasteiger charge is 2.30. The molecular formula is C13H15BrFNO4S. The minimum atomic E-state index is -3.06. The number of hydrogen-bond acceptors (Lipinski definition) is 4. The van der Waals surface area contributed by atoms with Gasteiger partial charge in [0.05, 0.1) is 11.5 Å². The van der Waals surface area contributed by atoms with Gasteiger partial charge >= 0.3 is 0 Å². The van der Waals surface area contributed by atoms with E-state index in [1.54, 1.807) is 6.07 Å². The molecule has 1 aliphatic heterocycles. The summed E-state index contributed by atoms with van der Waals surface area (Å²) in [6, 6.07) is 3.86. The first-order valence-corrected chi connectivity index (χ1v) is 9.01. The van der Waals surface area contributed by atoms with Crippen molar-refractivity contribution in [2.24, 2.45) is 0 Å². The maximum atomic E-state index is 13.6. The highest BCUT2D eigenvalue weighted by Crippen LogP contribution is 2.22. The predicted octanol–water partition coefficient (Wildman–Crippen LogP) is 1.66. The van der Waals surface area contributed by atoms with E-state index < -0.39 is 33.7 Å². The summed E-state index contributed by atoms with van der Waals surface area (Å²) in [5, 5.41) is 2.61. The number of carbonyl (C=O) groups excluding carboxylic acids is 1. The lowest BCUT2D eigenvalue weighted by Gasteiger charge is -2.17. The van der Waals surface area contributed by atoms with Crippen LogP contribution in [-0.4, -0.2) is 38.0 Å². The van der Waals surface area contributed by atoms with Crippen LogP contribution in [0.15, 0.2) is 22.7 Å². The van der Waals surface area contributed by atoms with E-state index in [9.17, 15) is 17.6 Å². The lowest BCUT2D eigenvalue weighted by molar-refractivity contribution is -0.127. The van der Waals surface area contributed by atoms with Crippen LogP contribution < -0.4 is 10.1 Å². The van der Waals surface area contributed by atoms with Gasteiger partial charge in [0.2, 0.25) is 0 Å². The first-order valence-electron chi connectivity index (χ1n) is 6.39. The summed E-state index contributed by atoms with van der Waals surface area (Å²) in [5.74, 6) is -1.04. The van der Waals surface area contributed by atoms with Crippen molar-refractivity contribution in [2.45, 2.75) is 25.5 Å². The maximum absolute atomic E-state index is 13.6. The van der Waals surface area contributed by atoms with Gasteiger partial charge in [-0.05, 0) is 31.5 Å². The highest BCUT2D eigenvalue weighted by atomic mass is 79.9. The van der Waals surface area contributed by atoms with Crippen molar-refractivity contribution in [3.8, 4) is 5.75 Å². The van der Waals surface area contributed by atoms with E-state index in [4.69, 9.17) is 4.74 Å². The molecule has 1 fully saturated rings. The molecule has 1 aliphatic rings. The van der Waals surface area contributed by atoms with Gasteiger partial charge in [-0.3, -0.25) is 4.79 Å². The van der Waals surface area contributed by atoms with Crippen molar-refractivity contribution in [1.82, 2.24) is 5.32 Å². The van der Waals surface area contributed by atoms with Crippen molar-refractivity contribution >= 4 is 31.7 Å². The van der Waals surface area contributed by atoms with Crippen LogP contribution in [0, 0.1) is 5.82 Å². The fourth-order valence-corrected chi connectivity index (χ4v) is 4.05. The maximum Gasteiger partial charge on any atom is 0.261 e. The molecule has 1 aromatic carbocycles. The molecule has 1 N–H and O–H groups in total. The van der Waals surface area contributed by atoms with Crippen LogP contribution in [0.1, 0.15) is 13.3 Å². The average Bonchev–Trinajstić information content (AvgIpc) is 2.72. The summed E-state index contributed by atoms with van der Waals surface area (Å²) in [6.07, 6.45) is -0.517. The van der Waals surface area contributed by atoms with E-state index >= 15 is 0 Å². The Balaban J connectivity index is 1.94. The molecule has 5 nitrogen and oxygen atoms in total. The molecule has 0 aliphatic carbocycles. The number of halogens is 2. The summed E-state index contributed by atoms with van der Waals surface area (Å²) in [5.41, 5.74) is 0. The Bertz CT molecular complexity index is 650. The zero-order valence-electron chi connectivity index (χ0n) is 11.3. The molecule has 1 saturated heterocycles. The van der Waals surface area contributed by atoms with Crippen LogP contribution in [0.3, 0.4) is 0 Å². The number of rotatable bonds is 4. The summed E-state index contributed by atoms with van der Waals surface area (Å²) < 4.78 is 42.1. The smallest absolute Gasteiger partial charge is 0.261 e. The Morgan fingerprint density at radius 2 is 2.24 bits per heavy atom. The molecule has 8 heteroatoms. The van der Waals surface area contributed by atoms with E-state index in [0.29, 0.717) is 10.9 Å². The standard InChI is InChI=1S/C13H15BrFNO4S/c1-8(20-12-3-2-9(14)6-11(12)15)13(17)16-10-4-5-21(18,19)7-10/h2-3,6,8,10H,4-5,7H2,1H3,(H,16,17)/t8-,10+/m0/s1. The minimum Gasteiger partial charge on any atom is -0.478 e. The third-order valence-electron chi connectivity index (χ3n) is 3.15. The molecule has 1 amide bonds. The van der Waals surface area contributed by atoms with Crippen LogP contribution >= 0.6 is 15.9 Å². The second-order valence-electron chi connectivity index (χ2n) is 4.94.